The molecule has 3 aromatic carbocycles. The summed E-state index contributed by atoms with van der Waals surface area (Å²) < 4.78 is 10.4. The summed E-state index contributed by atoms with van der Waals surface area (Å²) in [5.41, 5.74) is 2.72. The highest BCUT2D eigenvalue weighted by Gasteiger charge is 2.37. The number of amides is 5. The number of esters is 1. The van der Waals surface area contributed by atoms with Crippen LogP contribution in [0, 0.1) is 13.8 Å². The van der Waals surface area contributed by atoms with Crippen LogP contribution in [0.3, 0.4) is 0 Å². The first-order chi connectivity index (χ1) is 19.1. The van der Waals surface area contributed by atoms with E-state index in [0.717, 1.165) is 16.0 Å². The number of benzene rings is 3. The van der Waals surface area contributed by atoms with Crippen LogP contribution in [0.2, 0.25) is 5.02 Å². The minimum absolute atomic E-state index is 0.124. The van der Waals surface area contributed by atoms with Crippen molar-refractivity contribution in [2.24, 2.45) is 0 Å². The van der Waals surface area contributed by atoms with Gasteiger partial charge in [0.25, 0.3) is 17.7 Å². The number of ether oxygens (including phenoxy) is 2. The van der Waals surface area contributed by atoms with Crippen LogP contribution in [0.15, 0.2) is 66.2 Å². The fourth-order valence-corrected chi connectivity index (χ4v) is 4.06. The van der Waals surface area contributed by atoms with E-state index in [1.165, 1.54) is 55.7 Å². The molecule has 1 fully saturated rings. The van der Waals surface area contributed by atoms with Gasteiger partial charge in [-0.3, -0.25) is 19.7 Å². The van der Waals surface area contributed by atoms with Crippen molar-refractivity contribution in [1.29, 1.82) is 0 Å². The molecule has 0 unspecified atom stereocenters. The normalized spacial score (nSPS) is 14.2. The molecule has 0 aliphatic carbocycles. The molecule has 0 atom stereocenters. The van der Waals surface area contributed by atoms with Gasteiger partial charge in [0.05, 0.1) is 18.4 Å². The number of carbonyl (C=O) groups excluding carboxylic acids is 5. The van der Waals surface area contributed by atoms with Crippen LogP contribution in [0.5, 0.6) is 5.75 Å². The second-order valence-electron chi connectivity index (χ2n) is 8.83. The lowest BCUT2D eigenvalue weighted by Crippen LogP contribution is -2.54. The molecule has 1 aliphatic heterocycles. The van der Waals surface area contributed by atoms with Crippen LogP contribution in [-0.2, 0) is 19.1 Å². The number of rotatable bonds is 7. The number of nitrogens with one attached hydrogen (secondary N) is 2. The molecule has 11 heteroatoms. The Bertz CT molecular complexity index is 1560. The summed E-state index contributed by atoms with van der Waals surface area (Å²) in [5.74, 6) is -2.65. The van der Waals surface area contributed by atoms with Gasteiger partial charge in [0, 0.05) is 16.3 Å². The molecule has 0 aromatic heterocycles. The molecule has 1 aliphatic rings. The third kappa shape index (κ3) is 6.19. The van der Waals surface area contributed by atoms with Gasteiger partial charge in [0.2, 0.25) is 0 Å². The Labute approximate surface area is 234 Å². The maximum absolute atomic E-state index is 13.3. The zero-order valence-corrected chi connectivity index (χ0v) is 22.5. The molecule has 0 bridgehead atoms. The quantitative estimate of drug-likeness (QED) is 0.248. The van der Waals surface area contributed by atoms with Gasteiger partial charge < -0.3 is 14.8 Å². The molecule has 5 amide bonds. The lowest BCUT2D eigenvalue weighted by Gasteiger charge is -2.26. The van der Waals surface area contributed by atoms with Crippen LogP contribution >= 0.6 is 11.6 Å². The minimum atomic E-state index is -0.955. The Kier molecular flexibility index (Phi) is 8.30. The highest BCUT2D eigenvalue weighted by molar-refractivity contribution is 6.39. The van der Waals surface area contributed by atoms with E-state index < -0.39 is 29.7 Å². The Balaban J connectivity index is 1.58. The van der Waals surface area contributed by atoms with E-state index in [1.54, 1.807) is 0 Å². The first-order valence-electron chi connectivity index (χ1n) is 12.0. The highest BCUT2D eigenvalue weighted by Crippen LogP contribution is 2.28. The number of nitrogens with zero attached hydrogens (tertiary/aromatic N) is 1. The van der Waals surface area contributed by atoms with Crippen LogP contribution < -0.4 is 20.3 Å². The number of hydrogen-bond donors (Lipinski definition) is 2. The zero-order valence-electron chi connectivity index (χ0n) is 21.7. The van der Waals surface area contributed by atoms with E-state index in [2.05, 4.69) is 15.4 Å². The number of carbonyl (C=O) groups is 5. The standard InChI is InChI=1S/C29H24ClN3O7/c1-16-4-5-17(2)23(12-16)31-25(34)15-40-24-11-8-20(30)13-19(24)14-22-26(35)32-29(38)33(27(22)36)21-9-6-18(7-10-21)28(37)39-3/h4-14H,15H2,1-3H3,(H,31,34)(H,32,35,38)/b22-14-. The van der Waals surface area contributed by atoms with Crippen LogP contribution in [-0.4, -0.2) is 43.4 Å². The zero-order chi connectivity index (χ0) is 29.0. The van der Waals surface area contributed by atoms with Crippen molar-refractivity contribution in [1.82, 2.24) is 5.32 Å². The molecule has 40 heavy (non-hydrogen) atoms. The van der Waals surface area contributed by atoms with Crippen molar-refractivity contribution in [3.63, 3.8) is 0 Å². The maximum Gasteiger partial charge on any atom is 0.337 e. The molecule has 2 N–H and O–H groups in total. The van der Waals surface area contributed by atoms with Gasteiger partial charge >= 0.3 is 12.0 Å². The number of methoxy groups -OCH3 is 1. The average Bonchev–Trinajstić information content (AvgIpc) is 2.92. The lowest BCUT2D eigenvalue weighted by atomic mass is 10.1. The predicted molar refractivity (Wildman–Crippen MR) is 148 cm³/mol. The monoisotopic (exact) mass is 561 g/mol. The van der Waals surface area contributed by atoms with Gasteiger partial charge in [0.15, 0.2) is 6.61 Å². The maximum atomic E-state index is 13.3. The summed E-state index contributed by atoms with van der Waals surface area (Å²) >= 11 is 6.16. The SMILES string of the molecule is COC(=O)c1ccc(N2C(=O)NC(=O)/C(=C/c3cc(Cl)ccc3OCC(=O)Nc3cc(C)ccc3C)C2=O)cc1. The number of anilines is 2. The molecule has 1 saturated heterocycles. The van der Waals surface area contributed by atoms with Gasteiger partial charge in [-0.05, 0) is 79.6 Å². The molecule has 0 radical (unpaired) electrons. The largest absolute Gasteiger partial charge is 0.483 e. The predicted octanol–water partition coefficient (Wildman–Crippen LogP) is 4.43. The first kappa shape index (κ1) is 28.1. The average molecular weight is 562 g/mol. The Hall–Kier alpha value is -4.96. The van der Waals surface area contributed by atoms with Crippen molar-refractivity contribution in [2.75, 3.05) is 23.9 Å². The van der Waals surface area contributed by atoms with E-state index in [9.17, 15) is 24.0 Å². The molecule has 1 heterocycles. The molecule has 0 spiro atoms. The van der Waals surface area contributed by atoms with Crippen LogP contribution in [0.4, 0.5) is 16.2 Å². The van der Waals surface area contributed by atoms with Crippen LogP contribution in [0.25, 0.3) is 6.08 Å². The molecule has 0 saturated carbocycles. The highest BCUT2D eigenvalue weighted by atomic mass is 35.5. The van der Waals surface area contributed by atoms with Crippen molar-refractivity contribution in [2.45, 2.75) is 13.8 Å². The Morgan fingerprint density at radius 3 is 2.42 bits per heavy atom. The summed E-state index contributed by atoms with van der Waals surface area (Å²) in [6.45, 7) is 3.42. The second-order valence-corrected chi connectivity index (χ2v) is 9.27. The summed E-state index contributed by atoms with van der Waals surface area (Å²) in [5, 5.41) is 5.21. The number of halogens is 1. The molecule has 3 aromatic rings. The summed E-state index contributed by atoms with van der Waals surface area (Å²) in [6.07, 6.45) is 1.23. The topological polar surface area (TPSA) is 131 Å². The first-order valence-corrected chi connectivity index (χ1v) is 12.3. The Morgan fingerprint density at radius 1 is 1.00 bits per heavy atom. The molecular formula is C29H24ClN3O7. The number of hydrogen-bond acceptors (Lipinski definition) is 7. The van der Waals surface area contributed by atoms with E-state index >= 15 is 0 Å². The van der Waals surface area contributed by atoms with Crippen molar-refractivity contribution in [3.05, 3.63) is 93.5 Å². The van der Waals surface area contributed by atoms with Gasteiger partial charge in [-0.15, -0.1) is 0 Å². The van der Waals surface area contributed by atoms with E-state index in [0.29, 0.717) is 5.69 Å². The summed E-state index contributed by atoms with van der Waals surface area (Å²) in [6, 6.07) is 14.7. The fourth-order valence-electron chi connectivity index (χ4n) is 3.88. The van der Waals surface area contributed by atoms with Gasteiger partial charge in [-0.1, -0.05) is 23.7 Å². The number of aryl methyl sites for hydroxylation is 2. The number of barbiturate groups is 1. The van der Waals surface area contributed by atoms with Gasteiger partial charge in [0.1, 0.15) is 11.3 Å². The number of urea groups is 1. The molecule has 204 valence electrons. The van der Waals surface area contributed by atoms with E-state index in [-0.39, 0.29) is 39.8 Å². The van der Waals surface area contributed by atoms with Gasteiger partial charge in [-0.2, -0.15) is 0 Å². The van der Waals surface area contributed by atoms with Crippen molar-refractivity contribution in [3.8, 4) is 5.75 Å². The van der Waals surface area contributed by atoms with Crippen molar-refractivity contribution < 1.29 is 33.4 Å². The molecular weight excluding hydrogens is 538 g/mol. The molecule has 4 rings (SSSR count). The summed E-state index contributed by atoms with van der Waals surface area (Å²) in [4.78, 5) is 63.6. The van der Waals surface area contributed by atoms with Crippen molar-refractivity contribution >= 4 is 58.8 Å². The summed E-state index contributed by atoms with van der Waals surface area (Å²) in [7, 11) is 1.23. The van der Waals surface area contributed by atoms with Crippen LogP contribution in [0.1, 0.15) is 27.0 Å². The lowest BCUT2D eigenvalue weighted by molar-refractivity contribution is -0.122. The van der Waals surface area contributed by atoms with E-state index in [1.807, 2.05) is 32.0 Å². The third-order valence-electron chi connectivity index (χ3n) is 5.95. The number of imide groups is 2. The minimum Gasteiger partial charge on any atom is -0.483 e. The van der Waals surface area contributed by atoms with E-state index in [4.69, 9.17) is 16.3 Å². The third-order valence-corrected chi connectivity index (χ3v) is 6.18. The van der Waals surface area contributed by atoms with Gasteiger partial charge in [-0.25, -0.2) is 14.5 Å². The fraction of sp³-hybridized carbons (Fsp3) is 0.138. The smallest absolute Gasteiger partial charge is 0.337 e. The second kappa shape index (κ2) is 11.8. The Morgan fingerprint density at radius 2 is 1.73 bits per heavy atom. The molecule has 10 nitrogen and oxygen atoms in total.